The zero-order valence-electron chi connectivity index (χ0n) is 42.4. The molecular weight excluding hydrogens is 965 g/mol. The second kappa shape index (κ2) is 21.8. The molecule has 5 heterocycles. The number of ether oxygens (including phenoxy) is 9. The molecular formula is C51H80O22. The Balaban J connectivity index is 0.865. The first-order valence-electron chi connectivity index (χ1n) is 26.3. The van der Waals surface area contributed by atoms with Crippen molar-refractivity contribution in [1.29, 1.82) is 0 Å². The molecule has 0 spiro atoms. The molecule has 9 aliphatic rings. The van der Waals surface area contributed by atoms with Crippen molar-refractivity contribution in [2.45, 2.75) is 228 Å². The number of hydrogen-bond donors (Lipinski definition) is 12. The molecule has 0 bridgehead atoms. The number of fused-ring (bicyclic) bond motifs is 7. The monoisotopic (exact) mass is 1040 g/mol. The maximum Gasteiger partial charge on any atom is 0.187 e. The van der Waals surface area contributed by atoms with Crippen molar-refractivity contribution in [2.24, 2.45) is 40.4 Å². The van der Waals surface area contributed by atoms with E-state index in [1.165, 1.54) is 19.4 Å². The smallest absolute Gasteiger partial charge is 0.187 e. The van der Waals surface area contributed by atoms with E-state index in [-0.39, 0.29) is 54.5 Å². The van der Waals surface area contributed by atoms with Gasteiger partial charge >= 0.3 is 0 Å². The van der Waals surface area contributed by atoms with Gasteiger partial charge in [-0.2, -0.15) is 0 Å². The Morgan fingerprint density at radius 3 is 1.92 bits per heavy atom. The van der Waals surface area contributed by atoms with Crippen LogP contribution in [0.3, 0.4) is 0 Å². The molecule has 0 aromatic carbocycles. The van der Waals surface area contributed by atoms with Crippen LogP contribution in [-0.4, -0.2) is 222 Å². The van der Waals surface area contributed by atoms with Gasteiger partial charge in [-0.25, -0.2) is 0 Å². The summed E-state index contributed by atoms with van der Waals surface area (Å²) in [7, 11) is 0. The minimum atomic E-state index is -1.81. The van der Waals surface area contributed by atoms with E-state index in [0.29, 0.717) is 18.3 Å². The summed E-state index contributed by atoms with van der Waals surface area (Å²) in [6.07, 6.45) is -23.3. The third-order valence-electron chi connectivity index (χ3n) is 18.7. The van der Waals surface area contributed by atoms with Crippen LogP contribution in [0.1, 0.15) is 92.9 Å². The molecule has 73 heavy (non-hydrogen) atoms. The minimum absolute atomic E-state index is 0.0252. The Bertz CT molecular complexity index is 2010. The Morgan fingerprint density at radius 2 is 1.29 bits per heavy atom. The predicted molar refractivity (Wildman–Crippen MR) is 248 cm³/mol. The van der Waals surface area contributed by atoms with E-state index in [0.717, 1.165) is 43.4 Å². The van der Waals surface area contributed by atoms with Crippen LogP contribution in [0.2, 0.25) is 0 Å². The minimum Gasteiger partial charge on any atom is -0.494 e. The SMILES string of the molecule is CC1=C(CC[C@@H](C)CO[C@@H]2O[C@H](CO)[C@@H](O)[C@H](O)[C@H]2O)O[C@H]2C[C@H]3[C@@H]4CC=C5C[C@@H](O[C@@H]6O[C@H](CO)[C@@H](O[C@@H]7O[C@@H](C)[C@H](O)[C@@H](O)[C@H]7O)[C@H](O)[C@H]6O[C@@H]6O[C@@H](C)[C@H](O)[C@@H](O)[C@H]6O)C(=O)C[C@]5(C)[C@H]4CC[C@]3(C)[C@@H]12. The van der Waals surface area contributed by atoms with Crippen LogP contribution in [0.4, 0.5) is 0 Å². The maximum atomic E-state index is 14.5. The number of Topliss-reactive ketones (excluding diaryl/α,β-unsaturated/α-hetero) is 1. The van der Waals surface area contributed by atoms with Crippen molar-refractivity contribution in [2.75, 3.05) is 19.8 Å². The fraction of sp³-hybridized carbons (Fsp3) is 0.902. The normalized spacial score (nSPS) is 52.4. The molecule has 0 amide bonds. The first kappa shape index (κ1) is 55.9. The molecule has 416 valence electrons. The molecule has 4 aliphatic carbocycles. The van der Waals surface area contributed by atoms with E-state index < -0.39 is 148 Å². The lowest BCUT2D eigenvalue weighted by atomic mass is 9.47. The van der Waals surface area contributed by atoms with Crippen molar-refractivity contribution in [3.63, 3.8) is 0 Å². The van der Waals surface area contributed by atoms with Crippen LogP contribution in [0.5, 0.6) is 0 Å². The van der Waals surface area contributed by atoms with Crippen LogP contribution in [0, 0.1) is 40.4 Å². The van der Waals surface area contributed by atoms with E-state index in [1.54, 1.807) is 0 Å². The number of carbonyl (C=O) groups is 1. The number of rotatable bonds is 14. The molecule has 3 saturated carbocycles. The summed E-state index contributed by atoms with van der Waals surface area (Å²) in [6, 6.07) is 0. The van der Waals surface area contributed by atoms with E-state index >= 15 is 0 Å². The van der Waals surface area contributed by atoms with Gasteiger partial charge in [-0.1, -0.05) is 32.4 Å². The molecule has 5 aliphatic heterocycles. The maximum absolute atomic E-state index is 14.5. The molecule has 4 saturated heterocycles. The number of aliphatic hydroxyl groups excluding tert-OH is 12. The first-order chi connectivity index (χ1) is 34.5. The topological polar surface area (TPSA) is 343 Å². The van der Waals surface area contributed by atoms with Crippen molar-refractivity contribution in [3.05, 3.63) is 23.0 Å². The highest BCUT2D eigenvalue weighted by molar-refractivity contribution is 5.86. The standard InChI is InChI=1S/C51H80O22/c1-19(18-65-46-40(61)39(60)36(57)31(16-52)70-46)7-10-28-20(2)33-30(68-28)14-26-24-9-8-23-13-29(27(54)15-51(23,6)25(24)11-12-50(26,33)5)69-49-45(73-48-42(63)38(59)35(56)22(4)67-48)43(64)44(32(17-53)71-49)72-47-41(62)37(58)34(55)21(3)66-47/h8,19,21-22,24-26,29-49,52-53,55-64H,7,9-18H2,1-6H3/t19-,21+,22+,24-,25+,26+,29-,30+,31-,32-,33+,34+,35+,36-,37-,38-,39+,40-,41-,42-,43+,44-,45-,46-,47+,48+,49-,50+,51+/m1/s1. The van der Waals surface area contributed by atoms with Gasteiger partial charge in [0, 0.05) is 25.2 Å². The van der Waals surface area contributed by atoms with Gasteiger partial charge in [0.05, 0.1) is 37.8 Å². The highest BCUT2D eigenvalue weighted by atomic mass is 16.8. The second-order valence-corrected chi connectivity index (χ2v) is 23.2. The lowest BCUT2D eigenvalue weighted by Crippen LogP contribution is -2.66. The van der Waals surface area contributed by atoms with E-state index in [2.05, 4.69) is 26.8 Å². The van der Waals surface area contributed by atoms with Gasteiger partial charge in [-0.15, -0.1) is 0 Å². The van der Waals surface area contributed by atoms with Gasteiger partial charge in [0.2, 0.25) is 0 Å². The molecule has 0 aromatic heterocycles. The predicted octanol–water partition coefficient (Wildman–Crippen LogP) is -1.85. The number of aliphatic hydroxyl groups is 12. The quantitative estimate of drug-likeness (QED) is 0.0850. The zero-order valence-corrected chi connectivity index (χ0v) is 42.4. The largest absolute Gasteiger partial charge is 0.494 e. The van der Waals surface area contributed by atoms with Crippen molar-refractivity contribution < 1.29 is 109 Å². The number of hydrogen-bond acceptors (Lipinski definition) is 22. The van der Waals surface area contributed by atoms with Crippen LogP contribution in [-0.2, 0) is 47.4 Å². The Kier molecular flexibility index (Phi) is 16.7. The third kappa shape index (κ3) is 10.0. The molecule has 0 unspecified atom stereocenters. The van der Waals surface area contributed by atoms with Gasteiger partial charge < -0.3 is 104 Å². The van der Waals surface area contributed by atoms with Crippen molar-refractivity contribution >= 4 is 5.78 Å². The average molecular weight is 1050 g/mol. The third-order valence-corrected chi connectivity index (χ3v) is 18.7. The van der Waals surface area contributed by atoms with Crippen LogP contribution in [0.25, 0.3) is 0 Å². The highest BCUT2D eigenvalue weighted by Crippen LogP contribution is 2.69. The Morgan fingerprint density at radius 1 is 0.699 bits per heavy atom. The van der Waals surface area contributed by atoms with Gasteiger partial charge in [0.15, 0.2) is 30.9 Å². The fourth-order valence-corrected chi connectivity index (χ4v) is 14.3. The molecule has 22 nitrogen and oxygen atoms in total. The van der Waals surface area contributed by atoms with E-state index in [1.807, 2.05) is 6.92 Å². The summed E-state index contributed by atoms with van der Waals surface area (Å²) >= 11 is 0. The van der Waals surface area contributed by atoms with Gasteiger partial charge in [0.1, 0.15) is 97.7 Å². The van der Waals surface area contributed by atoms with Crippen molar-refractivity contribution in [1.82, 2.24) is 0 Å². The fourth-order valence-electron chi connectivity index (χ4n) is 14.3. The summed E-state index contributed by atoms with van der Waals surface area (Å²) in [6.45, 7) is 10.6. The number of allylic oxidation sites excluding steroid dienone is 2. The summed E-state index contributed by atoms with van der Waals surface area (Å²) in [5.74, 6) is 1.93. The Labute approximate surface area is 424 Å². The molecule has 0 aromatic rings. The highest BCUT2D eigenvalue weighted by Gasteiger charge is 2.65. The lowest BCUT2D eigenvalue weighted by Gasteiger charge is -2.57. The average Bonchev–Trinajstić information content (AvgIpc) is 3.85. The summed E-state index contributed by atoms with van der Waals surface area (Å²) in [4.78, 5) is 14.5. The van der Waals surface area contributed by atoms with Crippen molar-refractivity contribution in [3.8, 4) is 0 Å². The van der Waals surface area contributed by atoms with Crippen LogP contribution < -0.4 is 0 Å². The van der Waals surface area contributed by atoms with Crippen LogP contribution >= 0.6 is 0 Å². The van der Waals surface area contributed by atoms with Gasteiger partial charge in [-0.3, -0.25) is 4.79 Å². The summed E-state index contributed by atoms with van der Waals surface area (Å²) < 4.78 is 54.2. The zero-order chi connectivity index (χ0) is 52.7. The molecule has 29 atom stereocenters. The number of carbonyl (C=O) groups excluding carboxylic acids is 1. The summed E-state index contributed by atoms with van der Waals surface area (Å²) in [5, 5.41) is 126. The van der Waals surface area contributed by atoms with E-state index in [4.69, 9.17) is 42.6 Å². The molecule has 12 N–H and O–H groups in total. The molecule has 9 rings (SSSR count). The molecule has 7 fully saturated rings. The second-order valence-electron chi connectivity index (χ2n) is 23.2. The van der Waals surface area contributed by atoms with Gasteiger partial charge in [0.25, 0.3) is 0 Å². The van der Waals surface area contributed by atoms with E-state index in [9.17, 15) is 66.1 Å². The van der Waals surface area contributed by atoms with Crippen LogP contribution in [0.15, 0.2) is 23.0 Å². The van der Waals surface area contributed by atoms with Gasteiger partial charge in [-0.05, 0) is 93.0 Å². The number of ketones is 1. The first-order valence-corrected chi connectivity index (χ1v) is 26.3. The lowest BCUT2D eigenvalue weighted by molar-refractivity contribution is -0.387. The summed E-state index contributed by atoms with van der Waals surface area (Å²) in [5.41, 5.74) is 1.84. The molecule has 0 radical (unpaired) electrons. The Hall–Kier alpha value is -1.85. The molecule has 22 heteroatoms.